The van der Waals surface area contributed by atoms with Gasteiger partial charge in [0.15, 0.2) is 0 Å². The lowest BCUT2D eigenvalue weighted by Gasteiger charge is -2.39. The lowest BCUT2D eigenvalue weighted by Crippen LogP contribution is -2.58. The summed E-state index contributed by atoms with van der Waals surface area (Å²) in [5, 5.41) is 3.04. The van der Waals surface area contributed by atoms with Crippen molar-refractivity contribution >= 4 is 17.7 Å². The van der Waals surface area contributed by atoms with E-state index in [0.717, 1.165) is 16.8 Å². The van der Waals surface area contributed by atoms with E-state index < -0.39 is 6.04 Å². The second-order valence-corrected chi connectivity index (χ2v) is 10.6. The van der Waals surface area contributed by atoms with Crippen LogP contribution in [0.4, 0.5) is 0 Å². The number of aryl methyl sites for hydroxylation is 1. The Balaban J connectivity index is 1.39. The third-order valence-corrected chi connectivity index (χ3v) is 7.45. The second kappa shape index (κ2) is 13.0. The highest BCUT2D eigenvalue weighted by molar-refractivity contribution is 5.97. The fraction of sp³-hybridized carbons (Fsp3) is 0.375. The fourth-order valence-electron chi connectivity index (χ4n) is 5.26. The van der Waals surface area contributed by atoms with Crippen molar-refractivity contribution in [3.8, 4) is 17.2 Å². The summed E-state index contributed by atoms with van der Waals surface area (Å²) in [4.78, 5) is 47.3. The molecule has 0 saturated carbocycles. The van der Waals surface area contributed by atoms with Crippen molar-refractivity contribution in [1.29, 1.82) is 0 Å². The van der Waals surface area contributed by atoms with Crippen LogP contribution in [-0.2, 0) is 27.4 Å². The highest BCUT2D eigenvalue weighted by atomic mass is 16.5. The van der Waals surface area contributed by atoms with Crippen molar-refractivity contribution in [1.82, 2.24) is 20.1 Å². The molecule has 0 radical (unpaired) electrons. The molecule has 2 aliphatic heterocycles. The standard InChI is InChI=1S/C32H36N4O6/c1-4-40-25-14-23-15-26(16-25)42-24-9-5-8-22(13-24)20-41-29-10-12-36(31(38)17-27-21(2)7-6-11-33-27)18-28(29)34-30(37)19-35(3)32(23)39/h5-9,11,13-16,28-29H,4,10,12,17-20H2,1-3H3,(H,34,37)/t28-,29+/m0/s1. The lowest BCUT2D eigenvalue weighted by atomic mass is 10.0. The Morgan fingerprint density at radius 1 is 1.12 bits per heavy atom. The summed E-state index contributed by atoms with van der Waals surface area (Å²) in [7, 11) is 1.57. The molecule has 0 spiro atoms. The Hall–Kier alpha value is -4.44. The highest BCUT2D eigenvalue weighted by Crippen LogP contribution is 2.29. The van der Waals surface area contributed by atoms with Gasteiger partial charge in [-0.25, -0.2) is 0 Å². The summed E-state index contributed by atoms with van der Waals surface area (Å²) in [6, 6.07) is 15.9. The van der Waals surface area contributed by atoms with Gasteiger partial charge in [0.1, 0.15) is 17.2 Å². The van der Waals surface area contributed by atoms with Crippen LogP contribution in [0.1, 0.15) is 40.5 Å². The van der Waals surface area contributed by atoms with Crippen molar-refractivity contribution in [2.45, 2.75) is 45.4 Å². The monoisotopic (exact) mass is 572 g/mol. The summed E-state index contributed by atoms with van der Waals surface area (Å²) < 4.78 is 18.1. The molecule has 3 aromatic rings. The number of amides is 3. The van der Waals surface area contributed by atoms with Gasteiger partial charge in [-0.1, -0.05) is 18.2 Å². The molecular weight excluding hydrogens is 536 g/mol. The summed E-state index contributed by atoms with van der Waals surface area (Å²) in [6.07, 6.45) is 2.09. The first-order chi connectivity index (χ1) is 20.3. The number of ether oxygens (including phenoxy) is 3. The minimum absolute atomic E-state index is 0.0567. The van der Waals surface area contributed by atoms with Crippen LogP contribution < -0.4 is 14.8 Å². The van der Waals surface area contributed by atoms with Gasteiger partial charge < -0.3 is 29.3 Å². The number of hydrogen-bond acceptors (Lipinski definition) is 7. The van der Waals surface area contributed by atoms with Crippen molar-refractivity contribution in [3.05, 3.63) is 83.2 Å². The molecule has 0 unspecified atom stereocenters. The second-order valence-electron chi connectivity index (χ2n) is 10.6. The summed E-state index contributed by atoms with van der Waals surface area (Å²) in [5.41, 5.74) is 2.93. The van der Waals surface area contributed by atoms with Gasteiger partial charge in [0, 0.05) is 38.0 Å². The molecule has 10 heteroatoms. The number of likely N-dealkylation sites (N-methyl/N-ethyl adjacent to an activating group) is 1. The molecule has 1 saturated heterocycles. The average Bonchev–Trinajstić information content (AvgIpc) is 2.97. The maximum Gasteiger partial charge on any atom is 0.254 e. The molecule has 1 aromatic heterocycles. The molecule has 10 nitrogen and oxygen atoms in total. The number of piperidine rings is 1. The maximum absolute atomic E-state index is 13.4. The van der Waals surface area contributed by atoms with E-state index in [9.17, 15) is 14.4 Å². The average molecular weight is 573 g/mol. The molecule has 2 aliphatic rings. The largest absolute Gasteiger partial charge is 0.494 e. The van der Waals surface area contributed by atoms with Crippen molar-refractivity contribution in [3.63, 3.8) is 0 Å². The van der Waals surface area contributed by atoms with E-state index in [0.29, 0.717) is 55.5 Å². The third kappa shape index (κ3) is 7.06. The van der Waals surface area contributed by atoms with Gasteiger partial charge in [0.05, 0.1) is 44.0 Å². The first kappa shape index (κ1) is 29.1. The van der Waals surface area contributed by atoms with Crippen molar-refractivity contribution in [2.24, 2.45) is 0 Å². The predicted molar refractivity (Wildman–Crippen MR) is 155 cm³/mol. The van der Waals surface area contributed by atoms with Crippen LogP contribution in [0.25, 0.3) is 0 Å². The molecule has 3 amide bonds. The summed E-state index contributed by atoms with van der Waals surface area (Å²) in [6.45, 7) is 5.15. The number of carbonyl (C=O) groups excluding carboxylic acids is 3. The Bertz CT molecular complexity index is 1460. The van der Waals surface area contributed by atoms with Gasteiger partial charge in [0.2, 0.25) is 11.8 Å². The van der Waals surface area contributed by atoms with E-state index in [1.807, 2.05) is 50.2 Å². The number of hydrogen-bond donors (Lipinski definition) is 1. The Morgan fingerprint density at radius 3 is 2.79 bits per heavy atom. The molecule has 1 fully saturated rings. The Kier molecular flexibility index (Phi) is 9.02. The van der Waals surface area contributed by atoms with Gasteiger partial charge in [-0.05, 0) is 61.7 Å². The smallest absolute Gasteiger partial charge is 0.254 e. The molecule has 1 N–H and O–H groups in total. The minimum Gasteiger partial charge on any atom is -0.494 e. The quantitative estimate of drug-likeness (QED) is 0.510. The number of benzene rings is 2. The first-order valence-corrected chi connectivity index (χ1v) is 14.2. The van der Waals surface area contributed by atoms with Crippen LogP contribution in [0.15, 0.2) is 60.8 Å². The number of carbonyl (C=O) groups is 3. The topological polar surface area (TPSA) is 110 Å². The predicted octanol–water partition coefficient (Wildman–Crippen LogP) is 3.51. The van der Waals surface area contributed by atoms with E-state index in [-0.39, 0.29) is 36.8 Å². The number of nitrogens with zero attached hydrogens (tertiary/aromatic N) is 3. The molecule has 220 valence electrons. The van der Waals surface area contributed by atoms with Crippen LogP contribution >= 0.6 is 0 Å². The molecule has 3 heterocycles. The van der Waals surface area contributed by atoms with Crippen LogP contribution in [0.3, 0.4) is 0 Å². The van der Waals surface area contributed by atoms with Crippen molar-refractivity contribution < 1.29 is 28.6 Å². The number of nitrogens with one attached hydrogen (secondary N) is 1. The van der Waals surface area contributed by atoms with E-state index in [1.54, 1.807) is 36.3 Å². The maximum atomic E-state index is 13.4. The van der Waals surface area contributed by atoms with Gasteiger partial charge >= 0.3 is 0 Å². The Morgan fingerprint density at radius 2 is 1.98 bits per heavy atom. The SMILES string of the molecule is CCOc1cc2cc(c1)C(=O)N(C)CC(=O)N[C@H]1CN(C(=O)Cc3ncccc3C)CC[C@H]1OCc1cccc(c1)O2. The number of aromatic nitrogens is 1. The number of pyridine rings is 1. The molecule has 2 atom stereocenters. The van der Waals surface area contributed by atoms with Crippen LogP contribution in [0.2, 0.25) is 0 Å². The zero-order valence-corrected chi connectivity index (χ0v) is 24.2. The van der Waals surface area contributed by atoms with Gasteiger partial charge in [0.25, 0.3) is 5.91 Å². The molecular formula is C32H36N4O6. The van der Waals surface area contributed by atoms with E-state index in [2.05, 4.69) is 10.3 Å². The number of rotatable bonds is 4. The number of fused-ring (bicyclic) bond motifs is 5. The number of likely N-dealkylation sites (tertiary alicyclic amines) is 1. The van der Waals surface area contributed by atoms with Gasteiger partial charge in [-0.2, -0.15) is 0 Å². The normalized spacial score (nSPS) is 19.4. The minimum atomic E-state index is -0.455. The van der Waals surface area contributed by atoms with Crippen LogP contribution in [-0.4, -0.2) is 77.9 Å². The zero-order valence-electron chi connectivity index (χ0n) is 24.2. The van der Waals surface area contributed by atoms with E-state index >= 15 is 0 Å². The molecule has 2 aromatic carbocycles. The van der Waals surface area contributed by atoms with E-state index in [4.69, 9.17) is 14.2 Å². The van der Waals surface area contributed by atoms with E-state index in [1.165, 1.54) is 4.90 Å². The molecule has 0 aliphatic carbocycles. The molecule has 5 rings (SSSR count). The fourth-order valence-corrected chi connectivity index (χ4v) is 5.26. The molecule has 42 heavy (non-hydrogen) atoms. The van der Waals surface area contributed by atoms with Crippen molar-refractivity contribution in [2.75, 3.05) is 33.3 Å². The van der Waals surface area contributed by atoms with Crippen LogP contribution in [0.5, 0.6) is 17.2 Å². The lowest BCUT2D eigenvalue weighted by molar-refractivity contribution is -0.136. The first-order valence-electron chi connectivity index (χ1n) is 14.2. The highest BCUT2D eigenvalue weighted by Gasteiger charge is 2.34. The summed E-state index contributed by atoms with van der Waals surface area (Å²) in [5.74, 6) is 0.789. The Labute approximate surface area is 245 Å². The summed E-state index contributed by atoms with van der Waals surface area (Å²) >= 11 is 0. The van der Waals surface area contributed by atoms with Crippen LogP contribution in [0, 0.1) is 6.92 Å². The zero-order chi connectivity index (χ0) is 29.6. The van der Waals surface area contributed by atoms with Gasteiger partial charge in [-0.15, -0.1) is 0 Å². The third-order valence-electron chi connectivity index (χ3n) is 7.45. The van der Waals surface area contributed by atoms with Gasteiger partial charge in [-0.3, -0.25) is 19.4 Å². The molecule has 4 bridgehead atoms.